The van der Waals surface area contributed by atoms with E-state index in [1.807, 2.05) is 24.3 Å². The van der Waals surface area contributed by atoms with E-state index in [2.05, 4.69) is 17.8 Å². The molecule has 0 aliphatic rings. The minimum absolute atomic E-state index is 0.407. The molecule has 0 aliphatic heterocycles. The maximum Gasteiger partial charge on any atom is 0.269 e. The molecule has 5 heteroatoms. The molecule has 2 rings (SSSR count). The normalized spacial score (nSPS) is 10.5. The number of aryl methyl sites for hydroxylation is 1. The number of carbonyl (C=O) groups is 2. The van der Waals surface area contributed by atoms with Crippen LogP contribution in [0.4, 0.5) is 0 Å². The van der Waals surface area contributed by atoms with Gasteiger partial charge in [-0.05, 0) is 47.9 Å². The summed E-state index contributed by atoms with van der Waals surface area (Å²) in [5.41, 5.74) is 7.24. The van der Waals surface area contributed by atoms with Gasteiger partial charge in [-0.2, -0.15) is 0 Å². The second kappa shape index (κ2) is 8.15. The van der Waals surface area contributed by atoms with E-state index in [0.717, 1.165) is 12.0 Å². The summed E-state index contributed by atoms with van der Waals surface area (Å²) >= 11 is 5.75. The Balaban J connectivity index is 1.85. The van der Waals surface area contributed by atoms with Gasteiger partial charge in [0.15, 0.2) is 0 Å². The molecule has 118 valence electrons. The van der Waals surface area contributed by atoms with Crippen LogP contribution in [-0.4, -0.2) is 11.8 Å². The molecule has 0 spiro atoms. The van der Waals surface area contributed by atoms with E-state index in [-0.39, 0.29) is 0 Å². The molecule has 0 fully saturated rings. The van der Waals surface area contributed by atoms with Gasteiger partial charge in [0.1, 0.15) is 0 Å². The van der Waals surface area contributed by atoms with Gasteiger partial charge in [-0.3, -0.25) is 20.4 Å². The van der Waals surface area contributed by atoms with Crippen molar-refractivity contribution < 1.29 is 9.59 Å². The number of hydrazine groups is 1. The van der Waals surface area contributed by atoms with E-state index in [1.165, 1.54) is 11.6 Å². The predicted molar refractivity (Wildman–Crippen MR) is 91.9 cm³/mol. The van der Waals surface area contributed by atoms with Crippen molar-refractivity contribution in [2.24, 2.45) is 0 Å². The van der Waals surface area contributed by atoms with Crippen molar-refractivity contribution in [3.8, 4) is 0 Å². The van der Waals surface area contributed by atoms with Crippen LogP contribution in [0.25, 0.3) is 6.08 Å². The van der Waals surface area contributed by atoms with Crippen LogP contribution in [0.2, 0.25) is 5.02 Å². The number of hydrogen-bond donors (Lipinski definition) is 2. The lowest BCUT2D eigenvalue weighted by Gasteiger charge is -2.05. The Morgan fingerprint density at radius 2 is 1.65 bits per heavy atom. The highest BCUT2D eigenvalue weighted by Crippen LogP contribution is 2.09. The minimum atomic E-state index is -0.410. The van der Waals surface area contributed by atoms with Crippen molar-refractivity contribution in [2.75, 3.05) is 0 Å². The van der Waals surface area contributed by atoms with Crippen LogP contribution < -0.4 is 10.9 Å². The SMILES string of the molecule is CCc1ccc(/C=C/C(=O)NNC(=O)c2ccc(Cl)cc2)cc1. The number of amides is 2. The molecule has 0 radical (unpaired) electrons. The van der Waals surface area contributed by atoms with Gasteiger partial charge in [0.25, 0.3) is 11.8 Å². The Kier molecular flexibility index (Phi) is 5.94. The fraction of sp³-hybridized carbons (Fsp3) is 0.111. The second-order valence-corrected chi connectivity index (χ2v) is 5.32. The van der Waals surface area contributed by atoms with Gasteiger partial charge in [-0.15, -0.1) is 0 Å². The van der Waals surface area contributed by atoms with Crippen LogP contribution in [0.1, 0.15) is 28.4 Å². The first kappa shape index (κ1) is 16.8. The van der Waals surface area contributed by atoms with E-state index in [0.29, 0.717) is 10.6 Å². The molecule has 0 aromatic heterocycles. The molecule has 4 nitrogen and oxygen atoms in total. The highest BCUT2D eigenvalue weighted by Gasteiger charge is 2.05. The first-order valence-corrected chi connectivity index (χ1v) is 7.59. The molecule has 23 heavy (non-hydrogen) atoms. The number of hydrogen-bond acceptors (Lipinski definition) is 2. The first-order valence-electron chi connectivity index (χ1n) is 7.21. The van der Waals surface area contributed by atoms with Gasteiger partial charge in [0, 0.05) is 16.7 Å². The largest absolute Gasteiger partial charge is 0.269 e. The molecule has 2 aromatic rings. The monoisotopic (exact) mass is 328 g/mol. The number of nitrogens with one attached hydrogen (secondary N) is 2. The third-order valence-corrected chi connectivity index (χ3v) is 3.47. The van der Waals surface area contributed by atoms with Gasteiger partial charge < -0.3 is 0 Å². The summed E-state index contributed by atoms with van der Waals surface area (Å²) in [6.07, 6.45) is 4.02. The smallest absolute Gasteiger partial charge is 0.268 e. The Morgan fingerprint density at radius 3 is 2.26 bits per heavy atom. The Hall–Kier alpha value is -2.59. The van der Waals surface area contributed by atoms with Crippen molar-refractivity contribution >= 4 is 29.5 Å². The van der Waals surface area contributed by atoms with Crippen LogP contribution >= 0.6 is 11.6 Å². The number of halogens is 1. The molecule has 2 N–H and O–H groups in total. The van der Waals surface area contributed by atoms with E-state index >= 15 is 0 Å². The lowest BCUT2D eigenvalue weighted by atomic mass is 10.1. The third kappa shape index (κ3) is 5.27. The second-order valence-electron chi connectivity index (χ2n) is 4.88. The van der Waals surface area contributed by atoms with Crippen molar-refractivity contribution in [3.63, 3.8) is 0 Å². The lowest BCUT2D eigenvalue weighted by Crippen LogP contribution is -2.40. The fourth-order valence-electron chi connectivity index (χ4n) is 1.87. The predicted octanol–water partition coefficient (Wildman–Crippen LogP) is 3.38. The highest BCUT2D eigenvalue weighted by atomic mass is 35.5. The maximum absolute atomic E-state index is 11.8. The lowest BCUT2D eigenvalue weighted by molar-refractivity contribution is -0.117. The quantitative estimate of drug-likeness (QED) is 0.667. The fourth-order valence-corrected chi connectivity index (χ4v) is 2.00. The summed E-state index contributed by atoms with van der Waals surface area (Å²) in [6.45, 7) is 2.08. The number of benzene rings is 2. The van der Waals surface area contributed by atoms with Crippen LogP contribution in [0.5, 0.6) is 0 Å². The highest BCUT2D eigenvalue weighted by molar-refractivity contribution is 6.30. The molecular formula is C18H17ClN2O2. The first-order chi connectivity index (χ1) is 11.1. The minimum Gasteiger partial charge on any atom is -0.268 e. The van der Waals surface area contributed by atoms with Crippen molar-refractivity contribution in [1.82, 2.24) is 10.9 Å². The molecule has 2 amide bonds. The van der Waals surface area contributed by atoms with Crippen LogP contribution in [0.3, 0.4) is 0 Å². The van der Waals surface area contributed by atoms with Gasteiger partial charge in [0.2, 0.25) is 0 Å². The molecular weight excluding hydrogens is 312 g/mol. The third-order valence-electron chi connectivity index (χ3n) is 3.22. The zero-order chi connectivity index (χ0) is 16.7. The average Bonchev–Trinajstić information content (AvgIpc) is 2.59. The van der Waals surface area contributed by atoms with E-state index in [4.69, 9.17) is 11.6 Å². The molecule has 0 heterocycles. The summed E-state index contributed by atoms with van der Waals surface area (Å²) in [5.74, 6) is -0.817. The summed E-state index contributed by atoms with van der Waals surface area (Å²) < 4.78 is 0. The maximum atomic E-state index is 11.8. The molecule has 2 aromatic carbocycles. The summed E-state index contributed by atoms with van der Waals surface area (Å²) in [5, 5.41) is 0.544. The van der Waals surface area contributed by atoms with Gasteiger partial charge in [-0.1, -0.05) is 42.8 Å². The topological polar surface area (TPSA) is 58.2 Å². The summed E-state index contributed by atoms with van der Waals surface area (Å²) in [6, 6.07) is 14.3. The Bertz CT molecular complexity index is 707. The van der Waals surface area contributed by atoms with E-state index < -0.39 is 11.8 Å². The van der Waals surface area contributed by atoms with Crippen LogP contribution in [-0.2, 0) is 11.2 Å². The zero-order valence-electron chi connectivity index (χ0n) is 12.7. The molecule has 0 aliphatic carbocycles. The number of rotatable bonds is 4. The van der Waals surface area contributed by atoms with Crippen molar-refractivity contribution in [2.45, 2.75) is 13.3 Å². The van der Waals surface area contributed by atoms with E-state index in [9.17, 15) is 9.59 Å². The van der Waals surface area contributed by atoms with Crippen LogP contribution in [0, 0.1) is 0 Å². The van der Waals surface area contributed by atoms with Crippen LogP contribution in [0.15, 0.2) is 54.6 Å². The summed E-state index contributed by atoms with van der Waals surface area (Å²) in [7, 11) is 0. The zero-order valence-corrected chi connectivity index (χ0v) is 13.4. The molecule has 0 atom stereocenters. The number of carbonyl (C=O) groups excluding carboxylic acids is 2. The standard InChI is InChI=1S/C18H17ClN2O2/c1-2-13-3-5-14(6-4-13)7-12-17(22)20-21-18(23)15-8-10-16(19)11-9-15/h3-12H,2H2,1H3,(H,20,22)(H,21,23)/b12-7+. The van der Waals surface area contributed by atoms with E-state index in [1.54, 1.807) is 30.3 Å². The van der Waals surface area contributed by atoms with Crippen molar-refractivity contribution in [1.29, 1.82) is 0 Å². The molecule has 0 unspecified atom stereocenters. The Morgan fingerprint density at radius 1 is 1.00 bits per heavy atom. The molecule has 0 saturated carbocycles. The van der Waals surface area contributed by atoms with Gasteiger partial charge in [0.05, 0.1) is 0 Å². The van der Waals surface area contributed by atoms with Gasteiger partial charge in [-0.25, -0.2) is 0 Å². The Labute approximate surface area is 140 Å². The van der Waals surface area contributed by atoms with Gasteiger partial charge >= 0.3 is 0 Å². The molecule has 0 saturated heterocycles. The summed E-state index contributed by atoms with van der Waals surface area (Å²) in [4.78, 5) is 23.5. The molecule has 0 bridgehead atoms. The van der Waals surface area contributed by atoms with Crippen molar-refractivity contribution in [3.05, 3.63) is 76.3 Å². The average molecular weight is 329 g/mol.